The first-order valence-electron chi connectivity index (χ1n) is 9.40. The number of anilines is 1. The number of thioether (sulfide) groups is 1. The Hall–Kier alpha value is -2.74. The van der Waals surface area contributed by atoms with Gasteiger partial charge < -0.3 is 9.73 Å². The van der Waals surface area contributed by atoms with E-state index >= 15 is 0 Å². The molecule has 0 bridgehead atoms. The van der Waals surface area contributed by atoms with Crippen molar-refractivity contribution in [3.8, 4) is 11.4 Å². The predicted molar refractivity (Wildman–Crippen MR) is 124 cm³/mol. The number of hydrogen-bond donors (Lipinski definition) is 1. The monoisotopic (exact) mass is 472 g/mol. The minimum absolute atomic E-state index is 0.132. The Morgan fingerprint density at radius 1 is 1.13 bits per heavy atom. The average molecular weight is 473 g/mol. The van der Waals surface area contributed by atoms with E-state index in [-0.39, 0.29) is 11.7 Å². The molecule has 0 saturated heterocycles. The van der Waals surface area contributed by atoms with Crippen molar-refractivity contribution in [2.75, 3.05) is 11.1 Å². The summed E-state index contributed by atoms with van der Waals surface area (Å²) >= 11 is 13.4. The molecule has 2 heterocycles. The van der Waals surface area contributed by atoms with Gasteiger partial charge in [0.05, 0.1) is 29.3 Å². The zero-order valence-electron chi connectivity index (χ0n) is 16.5. The molecule has 1 N–H and O–H groups in total. The van der Waals surface area contributed by atoms with E-state index in [0.29, 0.717) is 33.3 Å². The van der Waals surface area contributed by atoms with Gasteiger partial charge in [-0.1, -0.05) is 58.7 Å². The molecule has 1 amide bonds. The number of carbonyl (C=O) groups is 1. The van der Waals surface area contributed by atoms with E-state index in [1.165, 1.54) is 11.8 Å². The summed E-state index contributed by atoms with van der Waals surface area (Å²) in [7, 11) is 0. The summed E-state index contributed by atoms with van der Waals surface area (Å²) in [5.74, 6) is 1.39. The molecule has 0 atom stereocenters. The molecule has 0 fully saturated rings. The lowest BCUT2D eigenvalue weighted by molar-refractivity contribution is -0.113. The second-order valence-corrected chi connectivity index (χ2v) is 8.59. The van der Waals surface area contributed by atoms with Gasteiger partial charge in [0.1, 0.15) is 5.76 Å². The van der Waals surface area contributed by atoms with E-state index in [2.05, 4.69) is 15.5 Å². The smallest absolute Gasteiger partial charge is 0.234 e. The average Bonchev–Trinajstić information content (AvgIpc) is 3.40. The second-order valence-electron chi connectivity index (χ2n) is 6.80. The second kappa shape index (κ2) is 9.60. The van der Waals surface area contributed by atoms with Crippen LogP contribution in [0.5, 0.6) is 0 Å². The largest absolute Gasteiger partial charge is 0.467 e. The van der Waals surface area contributed by atoms with Gasteiger partial charge in [0, 0.05) is 10.6 Å². The Balaban J connectivity index is 1.54. The number of amides is 1. The van der Waals surface area contributed by atoms with Gasteiger partial charge in [0.15, 0.2) is 11.0 Å². The molecule has 0 aliphatic carbocycles. The number of carbonyl (C=O) groups excluding carboxylic acids is 1. The van der Waals surface area contributed by atoms with Crippen molar-refractivity contribution in [3.63, 3.8) is 0 Å². The highest BCUT2D eigenvalue weighted by molar-refractivity contribution is 7.99. The summed E-state index contributed by atoms with van der Waals surface area (Å²) in [5, 5.41) is 13.0. The van der Waals surface area contributed by atoms with Gasteiger partial charge in [-0.05, 0) is 43.3 Å². The van der Waals surface area contributed by atoms with Crippen LogP contribution in [-0.4, -0.2) is 26.4 Å². The maximum Gasteiger partial charge on any atom is 0.234 e. The van der Waals surface area contributed by atoms with E-state index in [4.69, 9.17) is 27.6 Å². The summed E-state index contributed by atoms with van der Waals surface area (Å²) in [5.41, 5.74) is 2.54. The number of rotatable bonds is 7. The fourth-order valence-electron chi connectivity index (χ4n) is 3.00. The van der Waals surface area contributed by atoms with Crippen LogP contribution in [-0.2, 0) is 11.3 Å². The molecule has 0 saturated carbocycles. The van der Waals surface area contributed by atoms with Gasteiger partial charge in [-0.15, -0.1) is 10.2 Å². The first-order chi connectivity index (χ1) is 15.0. The zero-order valence-corrected chi connectivity index (χ0v) is 18.8. The van der Waals surface area contributed by atoms with Gasteiger partial charge >= 0.3 is 0 Å². The summed E-state index contributed by atoms with van der Waals surface area (Å²) in [6, 6.07) is 16.7. The summed E-state index contributed by atoms with van der Waals surface area (Å²) in [4.78, 5) is 12.5. The molecule has 158 valence electrons. The van der Waals surface area contributed by atoms with E-state index in [9.17, 15) is 4.79 Å². The van der Waals surface area contributed by atoms with Crippen molar-refractivity contribution in [3.05, 3.63) is 82.2 Å². The van der Waals surface area contributed by atoms with Crippen LogP contribution in [0.15, 0.2) is 70.4 Å². The Morgan fingerprint density at radius 3 is 2.77 bits per heavy atom. The SMILES string of the molecule is Cc1cccc(-c2nnc(SCC(=O)Nc3cc(Cl)ccc3Cl)n2Cc2ccco2)c1. The van der Waals surface area contributed by atoms with E-state index in [1.54, 1.807) is 24.5 Å². The minimum atomic E-state index is -0.223. The highest BCUT2D eigenvalue weighted by Gasteiger charge is 2.17. The first-order valence-corrected chi connectivity index (χ1v) is 11.1. The van der Waals surface area contributed by atoms with Crippen molar-refractivity contribution in [2.45, 2.75) is 18.6 Å². The number of benzene rings is 2. The van der Waals surface area contributed by atoms with Crippen LogP contribution < -0.4 is 5.32 Å². The summed E-state index contributed by atoms with van der Waals surface area (Å²) in [6.07, 6.45) is 1.63. The number of nitrogens with zero attached hydrogens (tertiary/aromatic N) is 3. The Kier molecular flexibility index (Phi) is 6.65. The number of hydrogen-bond acceptors (Lipinski definition) is 5. The molecule has 0 spiro atoms. The third-order valence-electron chi connectivity index (χ3n) is 4.42. The van der Waals surface area contributed by atoms with Crippen molar-refractivity contribution in [2.24, 2.45) is 0 Å². The van der Waals surface area contributed by atoms with E-state index < -0.39 is 0 Å². The third kappa shape index (κ3) is 5.31. The maximum absolute atomic E-state index is 12.5. The molecule has 6 nitrogen and oxygen atoms in total. The van der Waals surface area contributed by atoms with Crippen molar-refractivity contribution >= 4 is 46.6 Å². The number of furan rings is 1. The lowest BCUT2D eigenvalue weighted by Crippen LogP contribution is -2.15. The molecule has 31 heavy (non-hydrogen) atoms. The van der Waals surface area contributed by atoms with Crippen LogP contribution in [0.3, 0.4) is 0 Å². The molecule has 0 radical (unpaired) electrons. The standard InChI is InChI=1S/C22H18Cl2N4O2S/c1-14-4-2-5-15(10-14)21-26-27-22(28(21)12-17-6-3-9-30-17)31-13-20(29)25-19-11-16(23)7-8-18(19)24/h2-11H,12-13H2,1H3,(H,25,29). The van der Waals surface area contributed by atoms with Gasteiger partial charge in [-0.25, -0.2) is 0 Å². The first kappa shape index (κ1) is 21.5. The van der Waals surface area contributed by atoms with Crippen LogP contribution in [0.4, 0.5) is 5.69 Å². The zero-order chi connectivity index (χ0) is 21.8. The quantitative estimate of drug-likeness (QED) is 0.337. The lowest BCUT2D eigenvalue weighted by Gasteiger charge is -2.10. The Labute approximate surface area is 193 Å². The number of halogens is 2. The predicted octanol–water partition coefficient (Wildman–Crippen LogP) is 5.93. The molecule has 2 aromatic carbocycles. The molecule has 0 aliphatic heterocycles. The van der Waals surface area contributed by atoms with Crippen LogP contribution in [0.1, 0.15) is 11.3 Å². The van der Waals surface area contributed by atoms with Crippen LogP contribution in [0.2, 0.25) is 10.0 Å². The number of aryl methyl sites for hydroxylation is 1. The fourth-order valence-corrected chi connectivity index (χ4v) is 4.08. The van der Waals surface area contributed by atoms with Gasteiger partial charge in [-0.3, -0.25) is 9.36 Å². The fraction of sp³-hybridized carbons (Fsp3) is 0.136. The normalized spacial score (nSPS) is 10.9. The molecule has 0 aliphatic rings. The highest BCUT2D eigenvalue weighted by Crippen LogP contribution is 2.28. The molecule has 0 unspecified atom stereocenters. The van der Waals surface area contributed by atoms with Gasteiger partial charge in [0.2, 0.25) is 5.91 Å². The van der Waals surface area contributed by atoms with Gasteiger partial charge in [-0.2, -0.15) is 0 Å². The molecule has 9 heteroatoms. The number of nitrogens with one attached hydrogen (secondary N) is 1. The Bertz CT molecular complexity index is 1210. The molecule has 4 rings (SSSR count). The number of aromatic nitrogens is 3. The summed E-state index contributed by atoms with van der Waals surface area (Å²) in [6.45, 7) is 2.48. The van der Waals surface area contributed by atoms with Crippen LogP contribution in [0.25, 0.3) is 11.4 Å². The van der Waals surface area contributed by atoms with Crippen molar-refractivity contribution in [1.29, 1.82) is 0 Å². The topological polar surface area (TPSA) is 73.0 Å². The van der Waals surface area contributed by atoms with E-state index in [0.717, 1.165) is 16.9 Å². The maximum atomic E-state index is 12.5. The molecule has 2 aromatic heterocycles. The Morgan fingerprint density at radius 2 is 2.00 bits per heavy atom. The van der Waals surface area contributed by atoms with Gasteiger partial charge in [0.25, 0.3) is 0 Å². The highest BCUT2D eigenvalue weighted by atomic mass is 35.5. The third-order valence-corrected chi connectivity index (χ3v) is 5.95. The summed E-state index contributed by atoms with van der Waals surface area (Å²) < 4.78 is 7.46. The van der Waals surface area contributed by atoms with E-state index in [1.807, 2.05) is 47.9 Å². The van der Waals surface area contributed by atoms with Crippen molar-refractivity contribution < 1.29 is 9.21 Å². The van der Waals surface area contributed by atoms with Crippen molar-refractivity contribution in [1.82, 2.24) is 14.8 Å². The molecule has 4 aromatic rings. The minimum Gasteiger partial charge on any atom is -0.467 e. The van der Waals surface area contributed by atoms with Crippen LogP contribution >= 0.6 is 35.0 Å². The molecular formula is C22H18Cl2N4O2S. The molecular weight excluding hydrogens is 455 g/mol. The lowest BCUT2D eigenvalue weighted by atomic mass is 10.1. The van der Waals surface area contributed by atoms with Crippen LogP contribution in [0, 0.1) is 6.92 Å².